The predicted octanol–water partition coefficient (Wildman–Crippen LogP) is 0.787. The van der Waals surface area contributed by atoms with Gasteiger partial charge in [-0.05, 0) is 68.5 Å². The van der Waals surface area contributed by atoms with E-state index >= 15 is 0 Å². The zero-order chi connectivity index (χ0) is 62.5. The average Bonchev–Trinajstić information content (AvgIpc) is 3.41. The monoisotopic (exact) mass is 1150 g/mol. The van der Waals surface area contributed by atoms with Crippen LogP contribution in [0.2, 0.25) is 0 Å². The van der Waals surface area contributed by atoms with Crippen LogP contribution < -0.4 is 31.9 Å². The van der Waals surface area contributed by atoms with Crippen LogP contribution >= 0.6 is 0 Å². The van der Waals surface area contributed by atoms with Crippen LogP contribution in [0.3, 0.4) is 0 Å². The van der Waals surface area contributed by atoms with E-state index in [2.05, 4.69) is 31.9 Å². The maximum Gasteiger partial charge on any atom is 0.326 e. The second-order valence-electron chi connectivity index (χ2n) is 22.5. The molecule has 2 aromatic rings. The van der Waals surface area contributed by atoms with Gasteiger partial charge in [-0.3, -0.25) is 47.9 Å². The molecule has 82 heavy (non-hydrogen) atoms. The number of nitrogens with one attached hydrogen (secondary N) is 6. The Morgan fingerprint density at radius 2 is 0.963 bits per heavy atom. The van der Waals surface area contributed by atoms with E-state index in [1.54, 1.807) is 102 Å². The van der Waals surface area contributed by atoms with Crippen molar-refractivity contribution in [2.75, 3.05) is 41.8 Å². The van der Waals surface area contributed by atoms with Crippen LogP contribution in [0.25, 0.3) is 0 Å². The number of benzene rings is 2. The third kappa shape index (κ3) is 21.5. The molecule has 0 aliphatic heterocycles. The smallest absolute Gasteiger partial charge is 0.326 e. The van der Waals surface area contributed by atoms with Gasteiger partial charge in [0.25, 0.3) is 0 Å². The van der Waals surface area contributed by atoms with E-state index in [1.165, 1.54) is 40.0 Å². The van der Waals surface area contributed by atoms with Crippen LogP contribution in [0.1, 0.15) is 99.6 Å². The fourth-order valence-corrected chi connectivity index (χ4v) is 9.15. The molecular formula is C58H90N10O14. The Morgan fingerprint density at radius 1 is 0.488 bits per heavy atom. The van der Waals surface area contributed by atoms with Crippen LogP contribution in [-0.4, -0.2) is 202 Å². The quantitative estimate of drug-likeness (QED) is 0.0477. The van der Waals surface area contributed by atoms with Gasteiger partial charge in [0, 0.05) is 41.0 Å². The molecule has 2 rings (SSSR count). The van der Waals surface area contributed by atoms with Crippen LogP contribution in [0, 0.1) is 23.7 Å². The number of aliphatic hydroxyl groups is 1. The maximum absolute atomic E-state index is 14.6. The Kier molecular flexibility index (Phi) is 28.8. The number of carbonyl (C=O) groups excluding carboxylic acids is 9. The molecule has 0 aliphatic rings. The second-order valence-corrected chi connectivity index (χ2v) is 22.5. The molecule has 0 aromatic heterocycles. The molecule has 0 fully saturated rings. The zero-order valence-corrected chi connectivity index (χ0v) is 50.2. The van der Waals surface area contributed by atoms with E-state index in [-0.39, 0.29) is 43.4 Å². The molecule has 24 heteroatoms. The molecule has 0 aliphatic carbocycles. The molecule has 456 valence electrons. The Bertz CT molecular complexity index is 2490. The van der Waals surface area contributed by atoms with E-state index in [4.69, 9.17) is 0 Å². The van der Waals surface area contributed by atoms with E-state index in [0.29, 0.717) is 11.1 Å². The predicted molar refractivity (Wildman–Crippen MR) is 306 cm³/mol. The van der Waals surface area contributed by atoms with Crippen molar-refractivity contribution >= 4 is 65.1 Å². The van der Waals surface area contributed by atoms with Crippen molar-refractivity contribution in [2.24, 2.45) is 23.7 Å². The highest BCUT2D eigenvalue weighted by Crippen LogP contribution is 2.21. The normalized spacial score (nSPS) is 15.0. The minimum atomic E-state index is -1.82. The lowest BCUT2D eigenvalue weighted by Gasteiger charge is -2.37. The maximum atomic E-state index is 14.6. The number of carboxylic acids is 2. The third-order valence-corrected chi connectivity index (χ3v) is 14.1. The van der Waals surface area contributed by atoms with Gasteiger partial charge >= 0.3 is 11.9 Å². The molecular weight excluding hydrogens is 1060 g/mol. The molecule has 0 saturated carbocycles. The molecule has 9 N–H and O–H groups in total. The lowest BCUT2D eigenvalue weighted by atomic mass is 9.96. The number of rotatable bonds is 33. The summed E-state index contributed by atoms with van der Waals surface area (Å²) in [6, 6.07) is 5.63. The van der Waals surface area contributed by atoms with E-state index in [9.17, 15) is 68.1 Å². The van der Waals surface area contributed by atoms with Gasteiger partial charge in [0.15, 0.2) is 0 Å². The summed E-state index contributed by atoms with van der Waals surface area (Å²) in [6.45, 7) is 16.4. The molecule has 0 unspecified atom stereocenters. The first-order valence-corrected chi connectivity index (χ1v) is 27.7. The lowest BCUT2D eigenvalue weighted by Crippen LogP contribution is -2.62. The summed E-state index contributed by atoms with van der Waals surface area (Å²) >= 11 is 0. The van der Waals surface area contributed by atoms with Crippen molar-refractivity contribution in [3.63, 3.8) is 0 Å². The minimum Gasteiger partial charge on any atom is -0.481 e. The van der Waals surface area contributed by atoms with Gasteiger partial charge in [0.1, 0.15) is 48.3 Å². The summed E-state index contributed by atoms with van der Waals surface area (Å²) in [6.07, 6.45) is -2.44. The van der Waals surface area contributed by atoms with E-state index < -0.39 is 144 Å². The number of hydrogen-bond donors (Lipinski definition) is 9. The number of carbonyl (C=O) groups is 11. The standard InChI is InChI=1S/C58H90N10O14/c1-32(2)26-42(66(13)56(79)47(34(5)6)63-50(73)36(9)59-11)53(76)64-48(37(10)69)57(80)67(14)43(29-39-24-20-17-21-25-39)52(75)60-31-45(70)65(12)44(27-33(3)4)55(78)68(15)49(35(7)8)54(77)61-40(28-38-22-18-16-19-23-38)51(74)62-41(58(81)82)30-46(71)72/h16-25,32-37,40-44,47-49,59,69H,26-31H2,1-15H3,(H,60,75)(H,61,77)(H,62,74)(H,63,73)(H,64,76)(H,71,72)(H,81,82)/t36-,37+,40-,41-,42-,43-,44-,47-,48-,49-/m0/s1. The number of aliphatic carboxylic acids is 2. The molecule has 0 bridgehead atoms. The van der Waals surface area contributed by atoms with Crippen molar-refractivity contribution in [3.8, 4) is 0 Å². The summed E-state index contributed by atoms with van der Waals surface area (Å²) in [5, 5.41) is 45.7. The fourth-order valence-electron chi connectivity index (χ4n) is 9.15. The highest BCUT2D eigenvalue weighted by atomic mass is 16.4. The van der Waals surface area contributed by atoms with Gasteiger partial charge in [-0.25, -0.2) is 4.79 Å². The molecule has 2 aromatic carbocycles. The molecule has 24 nitrogen and oxygen atoms in total. The number of nitrogens with zero attached hydrogens (tertiary/aromatic N) is 4. The molecule has 0 radical (unpaired) electrons. The number of hydrogen-bond acceptors (Lipinski definition) is 13. The summed E-state index contributed by atoms with van der Waals surface area (Å²) in [5.74, 6) is -11.0. The van der Waals surface area contributed by atoms with Crippen LogP contribution in [-0.2, 0) is 65.6 Å². The van der Waals surface area contributed by atoms with Crippen molar-refractivity contribution < 1.29 is 68.1 Å². The summed E-state index contributed by atoms with van der Waals surface area (Å²) in [5.41, 5.74) is 1.19. The summed E-state index contributed by atoms with van der Waals surface area (Å²) < 4.78 is 0. The molecule has 9 amide bonds. The van der Waals surface area contributed by atoms with E-state index in [1.807, 2.05) is 27.7 Å². The first kappa shape index (κ1) is 70.6. The van der Waals surface area contributed by atoms with Crippen LogP contribution in [0.4, 0.5) is 0 Å². The van der Waals surface area contributed by atoms with Gasteiger partial charge in [0.2, 0.25) is 53.2 Å². The molecule has 0 saturated heterocycles. The van der Waals surface area contributed by atoms with Crippen molar-refractivity contribution in [2.45, 2.75) is 162 Å². The first-order valence-electron chi connectivity index (χ1n) is 27.7. The zero-order valence-electron chi connectivity index (χ0n) is 50.2. The van der Waals surface area contributed by atoms with Crippen molar-refractivity contribution in [1.82, 2.24) is 51.5 Å². The van der Waals surface area contributed by atoms with Gasteiger partial charge in [-0.15, -0.1) is 0 Å². The van der Waals surface area contributed by atoms with Gasteiger partial charge < -0.3 is 66.8 Å². The Morgan fingerprint density at radius 3 is 1.43 bits per heavy atom. The molecule has 0 heterocycles. The third-order valence-electron chi connectivity index (χ3n) is 14.1. The highest BCUT2D eigenvalue weighted by molar-refractivity contribution is 5.98. The Hall–Kier alpha value is -7.47. The van der Waals surface area contributed by atoms with Crippen molar-refractivity contribution in [1.29, 1.82) is 0 Å². The van der Waals surface area contributed by atoms with Crippen LogP contribution in [0.5, 0.6) is 0 Å². The first-order chi connectivity index (χ1) is 38.2. The minimum absolute atomic E-state index is 0.0879. The van der Waals surface area contributed by atoms with Gasteiger partial charge in [-0.2, -0.15) is 0 Å². The fraction of sp³-hybridized carbons (Fsp3) is 0.603. The van der Waals surface area contributed by atoms with E-state index in [0.717, 1.165) is 14.7 Å². The van der Waals surface area contributed by atoms with Gasteiger partial charge in [0.05, 0.1) is 25.1 Å². The Balaban J connectivity index is 2.47. The highest BCUT2D eigenvalue weighted by Gasteiger charge is 2.41. The number of aliphatic hydroxyl groups excluding tert-OH is 1. The number of likely N-dealkylation sites (N-methyl/N-ethyl adjacent to an activating group) is 5. The van der Waals surface area contributed by atoms with Crippen molar-refractivity contribution in [3.05, 3.63) is 71.8 Å². The number of carboxylic acid groups (broad SMARTS) is 2. The van der Waals surface area contributed by atoms with Gasteiger partial charge in [-0.1, -0.05) is 116 Å². The topological polar surface area (TPSA) is 334 Å². The summed E-state index contributed by atoms with van der Waals surface area (Å²) in [7, 11) is 7.06. The summed E-state index contributed by atoms with van der Waals surface area (Å²) in [4.78, 5) is 155. The SMILES string of the molecule is CN[C@@H](C)C(=O)N[C@H](C(=O)N(C)[C@@H](CC(C)C)C(=O)N[C@H](C(=O)N(C)[C@@H](Cc1ccccc1)C(=O)NCC(=O)N(C)[C@@H](CC(C)C)C(=O)N(C)[C@H](C(=O)N[C@@H](Cc1ccccc1)C(=O)N[C@@H](CC(=O)O)C(=O)O)C(C)C)[C@@H](C)O)C(C)C. The Labute approximate surface area is 482 Å². The average molecular weight is 1150 g/mol. The molecule has 0 spiro atoms. The second kappa shape index (κ2) is 33.5. The lowest BCUT2D eigenvalue weighted by molar-refractivity contribution is -0.150. The number of amides is 9. The molecule has 10 atom stereocenters. The largest absolute Gasteiger partial charge is 0.481 e. The van der Waals surface area contributed by atoms with Crippen LogP contribution in [0.15, 0.2) is 60.7 Å².